The molecule has 168 valence electrons. The summed E-state index contributed by atoms with van der Waals surface area (Å²) in [6.07, 6.45) is 2.14. The third-order valence-electron chi connectivity index (χ3n) is 6.17. The second-order valence-electron chi connectivity index (χ2n) is 8.57. The molecule has 0 saturated carbocycles. The Labute approximate surface area is 184 Å². The van der Waals surface area contributed by atoms with Crippen LogP contribution >= 0.6 is 0 Å². The number of rotatable bonds is 6. The molecule has 4 rings (SSSR count). The van der Waals surface area contributed by atoms with Crippen LogP contribution in [0.4, 0.5) is 4.39 Å². The maximum absolute atomic E-state index is 13.1. The van der Waals surface area contributed by atoms with Gasteiger partial charge in [-0.25, -0.2) is 9.37 Å². The largest absolute Gasteiger partial charge is 0.501 e. The van der Waals surface area contributed by atoms with Crippen LogP contribution in [0.5, 0.6) is 5.75 Å². The second-order valence-corrected chi connectivity index (χ2v) is 8.57. The lowest BCUT2D eigenvalue weighted by molar-refractivity contribution is 0.0627. The average Bonchev–Trinajstić information content (AvgIpc) is 3.16. The van der Waals surface area contributed by atoms with E-state index in [-0.39, 0.29) is 17.9 Å². The highest BCUT2D eigenvalue weighted by atomic mass is 19.1. The number of aromatic hydroxyl groups is 1. The molecule has 8 nitrogen and oxygen atoms in total. The van der Waals surface area contributed by atoms with Gasteiger partial charge in [-0.1, -0.05) is 12.1 Å². The van der Waals surface area contributed by atoms with Crippen LogP contribution in [0.25, 0.3) is 0 Å². The van der Waals surface area contributed by atoms with Gasteiger partial charge in [0.25, 0.3) is 5.56 Å². The van der Waals surface area contributed by atoms with Crippen LogP contribution in [-0.2, 0) is 32.1 Å². The highest BCUT2D eigenvalue weighted by Gasteiger charge is 2.39. The summed E-state index contributed by atoms with van der Waals surface area (Å²) in [6, 6.07) is 7.82. The molecule has 0 fully saturated rings. The number of carbonyl (C=O) groups is 1. The molecule has 0 unspecified atom stereocenters. The van der Waals surface area contributed by atoms with E-state index in [9.17, 15) is 19.1 Å². The van der Waals surface area contributed by atoms with Gasteiger partial charge in [-0.05, 0) is 44.0 Å². The van der Waals surface area contributed by atoms with Gasteiger partial charge in [0, 0.05) is 39.3 Å². The lowest BCUT2D eigenvalue weighted by Gasteiger charge is -2.43. The second kappa shape index (κ2) is 8.31. The van der Waals surface area contributed by atoms with Crippen LogP contribution in [0.3, 0.4) is 0 Å². The molecular formula is C23H26FN5O3. The van der Waals surface area contributed by atoms with Gasteiger partial charge in [0.15, 0.2) is 11.5 Å². The van der Waals surface area contributed by atoms with Gasteiger partial charge in [-0.15, -0.1) is 0 Å². The molecule has 3 heterocycles. The van der Waals surface area contributed by atoms with Gasteiger partial charge in [0.1, 0.15) is 11.6 Å². The highest BCUT2D eigenvalue weighted by Crippen LogP contribution is 2.32. The van der Waals surface area contributed by atoms with Crippen molar-refractivity contribution in [2.24, 2.45) is 7.05 Å². The Morgan fingerprint density at radius 1 is 1.19 bits per heavy atom. The molecule has 1 aliphatic rings. The molecule has 0 bridgehead atoms. The molecule has 0 saturated heterocycles. The van der Waals surface area contributed by atoms with Crippen LogP contribution in [0.15, 0.2) is 41.3 Å². The average molecular weight is 439 g/mol. The third kappa shape index (κ3) is 3.95. The van der Waals surface area contributed by atoms with Crippen molar-refractivity contribution in [3.05, 3.63) is 75.5 Å². The minimum Gasteiger partial charge on any atom is -0.501 e. The Morgan fingerprint density at radius 2 is 1.91 bits per heavy atom. The molecular weight excluding hydrogens is 413 g/mol. The number of nitrogens with zero attached hydrogens (tertiary/aromatic N) is 5. The highest BCUT2D eigenvalue weighted by molar-refractivity contribution is 5.96. The van der Waals surface area contributed by atoms with E-state index in [1.54, 1.807) is 23.0 Å². The summed E-state index contributed by atoms with van der Waals surface area (Å²) in [5, 5.41) is 14.7. The zero-order chi connectivity index (χ0) is 23.0. The molecule has 1 aromatic carbocycles. The van der Waals surface area contributed by atoms with Crippen molar-refractivity contribution in [3.8, 4) is 5.75 Å². The first-order chi connectivity index (χ1) is 15.2. The minimum atomic E-state index is -0.651. The van der Waals surface area contributed by atoms with Crippen molar-refractivity contribution < 1.29 is 14.3 Å². The van der Waals surface area contributed by atoms with Crippen LogP contribution in [0.1, 0.15) is 47.8 Å². The molecule has 0 amide bonds. The fourth-order valence-electron chi connectivity index (χ4n) is 4.11. The van der Waals surface area contributed by atoms with E-state index in [1.165, 1.54) is 16.7 Å². The van der Waals surface area contributed by atoms with Crippen molar-refractivity contribution in [3.63, 3.8) is 0 Å². The quantitative estimate of drug-likeness (QED) is 0.593. The fourth-order valence-corrected chi connectivity index (χ4v) is 4.11. The molecule has 0 atom stereocenters. The van der Waals surface area contributed by atoms with Crippen LogP contribution in [-0.4, -0.2) is 41.7 Å². The van der Waals surface area contributed by atoms with Gasteiger partial charge in [0.2, 0.25) is 5.75 Å². The fraction of sp³-hybridized carbons (Fsp3) is 0.391. The lowest BCUT2D eigenvalue weighted by atomic mass is 9.97. The molecule has 9 heteroatoms. The number of aromatic nitrogens is 4. The summed E-state index contributed by atoms with van der Waals surface area (Å²) in [6.45, 7) is 5.45. The summed E-state index contributed by atoms with van der Waals surface area (Å²) >= 11 is 0. The Balaban J connectivity index is 1.62. The normalized spacial score (nSPS) is 15.5. The van der Waals surface area contributed by atoms with Crippen molar-refractivity contribution in [1.82, 2.24) is 24.2 Å². The summed E-state index contributed by atoms with van der Waals surface area (Å²) in [5.74, 6) is -0.945. The number of hydrogen-bond acceptors (Lipinski definition) is 6. The summed E-state index contributed by atoms with van der Waals surface area (Å²) < 4.78 is 16.3. The standard InChI is InChI=1S/C23H26FN5O3/c1-23(2)22-26-19(18(30)9-6-15-4-7-16(24)8-5-15)20(31)21(32)29(22)13-12-28(23)14-17-10-11-25-27(17)3/h4-5,7-8,10-11,31H,6,9,12-14H2,1-3H3. The topological polar surface area (TPSA) is 93.2 Å². The number of benzene rings is 1. The van der Waals surface area contributed by atoms with E-state index in [4.69, 9.17) is 0 Å². The zero-order valence-corrected chi connectivity index (χ0v) is 18.4. The summed E-state index contributed by atoms with van der Waals surface area (Å²) in [4.78, 5) is 32.4. The number of ketones is 1. The number of fused-ring (bicyclic) bond motifs is 1. The van der Waals surface area contributed by atoms with E-state index in [1.807, 2.05) is 27.0 Å². The van der Waals surface area contributed by atoms with Gasteiger partial charge < -0.3 is 5.11 Å². The van der Waals surface area contributed by atoms with E-state index in [2.05, 4.69) is 15.0 Å². The van der Waals surface area contributed by atoms with Crippen LogP contribution < -0.4 is 5.56 Å². The molecule has 0 aliphatic carbocycles. The van der Waals surface area contributed by atoms with E-state index in [0.717, 1.165) is 11.3 Å². The molecule has 1 N–H and O–H groups in total. The minimum absolute atomic E-state index is 0.0498. The van der Waals surface area contributed by atoms with Gasteiger partial charge in [-0.3, -0.25) is 23.7 Å². The van der Waals surface area contributed by atoms with Gasteiger partial charge in [0.05, 0.1) is 11.2 Å². The number of Topliss-reactive ketones (excluding diaryl/α,β-unsaturated/α-hetero) is 1. The van der Waals surface area contributed by atoms with Crippen LogP contribution in [0.2, 0.25) is 0 Å². The molecule has 0 spiro atoms. The van der Waals surface area contributed by atoms with Crippen molar-refractivity contribution in [2.75, 3.05) is 6.54 Å². The van der Waals surface area contributed by atoms with Gasteiger partial charge >= 0.3 is 0 Å². The first kappa shape index (κ1) is 21.9. The Hall–Kier alpha value is -3.33. The summed E-state index contributed by atoms with van der Waals surface area (Å²) in [7, 11) is 1.87. The lowest BCUT2D eigenvalue weighted by Crippen LogP contribution is -2.52. The van der Waals surface area contributed by atoms with Gasteiger partial charge in [-0.2, -0.15) is 5.10 Å². The Kier molecular flexibility index (Phi) is 5.68. The third-order valence-corrected chi connectivity index (χ3v) is 6.17. The number of aryl methyl sites for hydroxylation is 2. The summed E-state index contributed by atoms with van der Waals surface area (Å²) in [5.41, 5.74) is 0.341. The smallest absolute Gasteiger partial charge is 0.296 e. The van der Waals surface area contributed by atoms with Crippen LogP contribution in [0, 0.1) is 5.82 Å². The SMILES string of the molecule is Cn1nccc1CN1CCn2c(nc(C(=O)CCc3ccc(F)cc3)c(O)c2=O)C1(C)C. The van der Waals surface area contributed by atoms with E-state index >= 15 is 0 Å². The number of halogens is 1. The Bertz CT molecular complexity index is 1210. The molecule has 2 aromatic heterocycles. The van der Waals surface area contributed by atoms with Crippen molar-refractivity contribution in [2.45, 2.75) is 45.3 Å². The van der Waals surface area contributed by atoms with E-state index in [0.29, 0.717) is 31.9 Å². The molecule has 0 radical (unpaired) electrons. The monoisotopic (exact) mass is 439 g/mol. The predicted molar refractivity (Wildman–Crippen MR) is 116 cm³/mol. The first-order valence-corrected chi connectivity index (χ1v) is 10.5. The van der Waals surface area contributed by atoms with Crippen molar-refractivity contribution >= 4 is 5.78 Å². The van der Waals surface area contributed by atoms with Crippen molar-refractivity contribution in [1.29, 1.82) is 0 Å². The maximum atomic E-state index is 13.1. The first-order valence-electron chi connectivity index (χ1n) is 10.5. The molecule has 32 heavy (non-hydrogen) atoms. The van der Waals surface area contributed by atoms with E-state index < -0.39 is 22.6 Å². The molecule has 3 aromatic rings. The number of hydrogen-bond donors (Lipinski definition) is 1. The zero-order valence-electron chi connectivity index (χ0n) is 18.4. The number of carbonyl (C=O) groups excluding carboxylic acids is 1. The molecule has 1 aliphatic heterocycles. The maximum Gasteiger partial charge on any atom is 0.296 e. The predicted octanol–water partition coefficient (Wildman–Crippen LogP) is 2.39. The Morgan fingerprint density at radius 3 is 2.56 bits per heavy atom.